The van der Waals surface area contributed by atoms with Crippen LogP contribution >= 0.6 is 0 Å². The first-order valence-electron chi connectivity index (χ1n) is 6.44. The fourth-order valence-corrected chi connectivity index (χ4v) is 2.46. The summed E-state index contributed by atoms with van der Waals surface area (Å²) < 4.78 is 18.5. The van der Waals surface area contributed by atoms with Crippen LogP contribution in [0.15, 0.2) is 36.4 Å². The number of carbonyl (C=O) groups excluding carboxylic acids is 1. The van der Waals surface area contributed by atoms with Crippen LogP contribution in [-0.4, -0.2) is 12.9 Å². The molecule has 0 spiro atoms. The summed E-state index contributed by atoms with van der Waals surface area (Å²) >= 11 is 0. The van der Waals surface area contributed by atoms with Crippen LogP contribution in [0.5, 0.6) is 5.75 Å². The molecule has 0 fully saturated rings. The quantitative estimate of drug-likeness (QED) is 0.790. The number of para-hydroxylation sites is 1. The summed E-state index contributed by atoms with van der Waals surface area (Å²) in [6.07, 6.45) is 0.247. The molecule has 20 heavy (non-hydrogen) atoms. The number of halogens is 1. The van der Waals surface area contributed by atoms with E-state index in [1.165, 1.54) is 12.1 Å². The number of hydrogen-bond donors (Lipinski definition) is 0. The Kier molecular flexibility index (Phi) is 4.18. The minimum absolute atomic E-state index is 0.0236. The Bertz CT molecular complexity index is 624. The van der Waals surface area contributed by atoms with E-state index in [2.05, 4.69) is 0 Å². The summed E-state index contributed by atoms with van der Waals surface area (Å²) in [6.45, 7) is 3.51. The monoisotopic (exact) mass is 272 g/mol. The summed E-state index contributed by atoms with van der Waals surface area (Å²) in [6, 6.07) is 10.2. The molecule has 0 radical (unpaired) electrons. The molecular weight excluding hydrogens is 255 g/mol. The Labute approximate surface area is 118 Å². The molecule has 104 valence electrons. The largest absolute Gasteiger partial charge is 0.496 e. The molecule has 0 aliphatic rings. The van der Waals surface area contributed by atoms with Gasteiger partial charge < -0.3 is 4.74 Å². The summed E-state index contributed by atoms with van der Waals surface area (Å²) in [5, 5.41) is 0. The molecule has 0 atom stereocenters. The van der Waals surface area contributed by atoms with E-state index in [9.17, 15) is 9.18 Å². The van der Waals surface area contributed by atoms with E-state index in [4.69, 9.17) is 4.74 Å². The zero-order chi connectivity index (χ0) is 14.7. The number of aryl methyl sites for hydroxylation is 2. The third-order valence-corrected chi connectivity index (χ3v) is 3.32. The minimum atomic E-state index is -0.311. The fraction of sp³-hybridized carbons (Fsp3) is 0.235. The van der Waals surface area contributed by atoms with Crippen molar-refractivity contribution in [1.82, 2.24) is 0 Å². The van der Waals surface area contributed by atoms with Crippen molar-refractivity contribution < 1.29 is 13.9 Å². The van der Waals surface area contributed by atoms with E-state index >= 15 is 0 Å². The van der Waals surface area contributed by atoms with E-state index in [1.807, 2.05) is 24.3 Å². The number of Topliss-reactive ketones (excluding diaryl/α,β-unsaturated/α-hetero) is 1. The smallest absolute Gasteiger partial charge is 0.167 e. The molecule has 0 aromatic heterocycles. The zero-order valence-corrected chi connectivity index (χ0v) is 11.9. The maximum atomic E-state index is 13.3. The molecular formula is C17H17FO2. The van der Waals surface area contributed by atoms with Gasteiger partial charge in [0.2, 0.25) is 0 Å². The molecule has 0 bridgehead atoms. The summed E-state index contributed by atoms with van der Waals surface area (Å²) in [7, 11) is 1.58. The van der Waals surface area contributed by atoms with Gasteiger partial charge in [-0.05, 0) is 43.2 Å². The lowest BCUT2D eigenvalue weighted by Gasteiger charge is -2.11. The number of ether oxygens (including phenoxy) is 1. The Balaban J connectivity index is 2.34. The number of hydrogen-bond acceptors (Lipinski definition) is 2. The first kappa shape index (κ1) is 14.3. The van der Waals surface area contributed by atoms with Crippen molar-refractivity contribution in [2.75, 3.05) is 7.11 Å². The molecule has 0 aliphatic heterocycles. The van der Waals surface area contributed by atoms with Gasteiger partial charge in [0.05, 0.1) is 7.11 Å². The zero-order valence-electron chi connectivity index (χ0n) is 11.9. The second-order valence-electron chi connectivity index (χ2n) is 4.83. The normalized spacial score (nSPS) is 10.4. The second kappa shape index (κ2) is 5.87. The van der Waals surface area contributed by atoms with E-state index in [0.29, 0.717) is 22.4 Å². The van der Waals surface area contributed by atoms with Crippen LogP contribution in [-0.2, 0) is 6.42 Å². The van der Waals surface area contributed by atoms with Crippen LogP contribution in [0, 0.1) is 19.7 Å². The van der Waals surface area contributed by atoms with Crippen molar-refractivity contribution in [3.05, 3.63) is 64.5 Å². The van der Waals surface area contributed by atoms with Gasteiger partial charge in [0.25, 0.3) is 0 Å². The number of methoxy groups -OCH3 is 1. The van der Waals surface area contributed by atoms with Crippen molar-refractivity contribution in [2.45, 2.75) is 20.3 Å². The third kappa shape index (κ3) is 2.87. The molecule has 3 heteroatoms. The number of ketones is 1. The molecule has 2 aromatic rings. The van der Waals surface area contributed by atoms with Crippen LogP contribution in [0.3, 0.4) is 0 Å². The number of rotatable bonds is 4. The molecule has 2 aromatic carbocycles. The topological polar surface area (TPSA) is 26.3 Å². The van der Waals surface area contributed by atoms with Gasteiger partial charge in [-0.25, -0.2) is 4.39 Å². The van der Waals surface area contributed by atoms with Gasteiger partial charge in [0.1, 0.15) is 11.6 Å². The van der Waals surface area contributed by atoms with E-state index < -0.39 is 0 Å². The first-order chi connectivity index (χ1) is 9.52. The lowest BCUT2D eigenvalue weighted by molar-refractivity contribution is 0.0991. The standard InChI is InChI=1S/C17H17FO2/c1-11-8-14(18)9-12(2)17(11)15(19)10-13-6-4-5-7-16(13)20-3/h4-9H,10H2,1-3H3. The van der Waals surface area contributed by atoms with Crippen LogP contribution in [0.4, 0.5) is 4.39 Å². The second-order valence-corrected chi connectivity index (χ2v) is 4.83. The van der Waals surface area contributed by atoms with Crippen molar-refractivity contribution in [3.63, 3.8) is 0 Å². The SMILES string of the molecule is COc1ccccc1CC(=O)c1c(C)cc(F)cc1C. The third-order valence-electron chi connectivity index (χ3n) is 3.32. The first-order valence-corrected chi connectivity index (χ1v) is 6.44. The highest BCUT2D eigenvalue weighted by atomic mass is 19.1. The Morgan fingerprint density at radius 1 is 1.15 bits per heavy atom. The van der Waals surface area contributed by atoms with Crippen molar-refractivity contribution in [2.24, 2.45) is 0 Å². The lowest BCUT2D eigenvalue weighted by atomic mass is 9.95. The maximum absolute atomic E-state index is 13.3. The molecule has 0 unspecified atom stereocenters. The summed E-state index contributed by atoms with van der Waals surface area (Å²) in [5.41, 5.74) is 2.77. The molecule has 0 amide bonds. The highest BCUT2D eigenvalue weighted by Crippen LogP contribution is 2.22. The predicted octanol–water partition coefficient (Wildman–Crippen LogP) is 3.88. The average Bonchev–Trinajstić information content (AvgIpc) is 2.38. The van der Waals surface area contributed by atoms with Gasteiger partial charge in [-0.3, -0.25) is 4.79 Å². The summed E-state index contributed by atoms with van der Waals surface area (Å²) in [4.78, 5) is 12.5. The Morgan fingerprint density at radius 2 is 1.75 bits per heavy atom. The van der Waals surface area contributed by atoms with Crippen LogP contribution < -0.4 is 4.74 Å². The molecule has 0 N–H and O–H groups in total. The van der Waals surface area contributed by atoms with Gasteiger partial charge in [-0.2, -0.15) is 0 Å². The van der Waals surface area contributed by atoms with Gasteiger partial charge in [-0.15, -0.1) is 0 Å². The number of benzene rings is 2. The number of carbonyl (C=O) groups is 1. The van der Waals surface area contributed by atoms with Gasteiger partial charge >= 0.3 is 0 Å². The maximum Gasteiger partial charge on any atom is 0.167 e. The Hall–Kier alpha value is -2.16. The average molecular weight is 272 g/mol. The molecule has 2 rings (SSSR count). The van der Waals surface area contributed by atoms with Crippen molar-refractivity contribution in [1.29, 1.82) is 0 Å². The van der Waals surface area contributed by atoms with Crippen molar-refractivity contribution >= 4 is 5.78 Å². The molecule has 0 saturated heterocycles. The Morgan fingerprint density at radius 3 is 2.35 bits per heavy atom. The summed E-state index contributed by atoms with van der Waals surface area (Å²) in [5.74, 6) is 0.358. The molecule has 0 saturated carbocycles. The highest BCUT2D eigenvalue weighted by Gasteiger charge is 2.15. The lowest BCUT2D eigenvalue weighted by Crippen LogP contribution is -2.09. The fourth-order valence-electron chi connectivity index (χ4n) is 2.46. The van der Waals surface area contributed by atoms with Crippen molar-refractivity contribution in [3.8, 4) is 5.75 Å². The highest BCUT2D eigenvalue weighted by molar-refractivity contribution is 6.00. The van der Waals surface area contributed by atoms with Gasteiger partial charge in [0.15, 0.2) is 5.78 Å². The van der Waals surface area contributed by atoms with E-state index in [0.717, 1.165) is 5.56 Å². The minimum Gasteiger partial charge on any atom is -0.496 e. The molecule has 0 aliphatic carbocycles. The molecule has 2 nitrogen and oxygen atoms in total. The van der Waals surface area contributed by atoms with Gasteiger partial charge in [0, 0.05) is 17.5 Å². The van der Waals surface area contributed by atoms with Gasteiger partial charge in [-0.1, -0.05) is 18.2 Å². The van der Waals surface area contributed by atoms with E-state index in [1.54, 1.807) is 21.0 Å². The van der Waals surface area contributed by atoms with Crippen LogP contribution in [0.1, 0.15) is 27.0 Å². The molecule has 0 heterocycles. The van der Waals surface area contributed by atoms with Crippen LogP contribution in [0.25, 0.3) is 0 Å². The predicted molar refractivity (Wildman–Crippen MR) is 76.9 cm³/mol. The van der Waals surface area contributed by atoms with Crippen LogP contribution in [0.2, 0.25) is 0 Å². The van der Waals surface area contributed by atoms with E-state index in [-0.39, 0.29) is 18.0 Å².